The van der Waals surface area contributed by atoms with E-state index in [2.05, 4.69) is 23.2 Å². The molecule has 0 radical (unpaired) electrons. The van der Waals surface area contributed by atoms with Gasteiger partial charge in [0.2, 0.25) is 5.88 Å². The highest BCUT2D eigenvalue weighted by Gasteiger charge is 1.99. The van der Waals surface area contributed by atoms with Crippen LogP contribution in [0.1, 0.15) is 0 Å². The molecule has 4 nitrogen and oxygen atoms in total. The topological polar surface area (TPSA) is 39.4 Å². The minimum absolute atomic E-state index is 0.514. The van der Waals surface area contributed by atoms with Gasteiger partial charge < -0.3 is 4.74 Å². The molecule has 0 saturated heterocycles. The molecule has 0 fully saturated rings. The first-order valence-corrected chi connectivity index (χ1v) is 4.12. The highest BCUT2D eigenvalue weighted by molar-refractivity contribution is 5.51. The third-order valence-corrected chi connectivity index (χ3v) is 1.74. The SMILES string of the molecule is C=CC(=C)n1nc(OC)ccc1=NC. The van der Waals surface area contributed by atoms with Gasteiger partial charge in [-0.15, -0.1) is 5.10 Å². The molecular formula is C10H13N3O. The molecule has 0 aliphatic heterocycles. The minimum atomic E-state index is 0.514. The summed E-state index contributed by atoms with van der Waals surface area (Å²) in [5, 5.41) is 4.16. The highest BCUT2D eigenvalue weighted by Crippen LogP contribution is 2.03. The van der Waals surface area contributed by atoms with Crippen molar-refractivity contribution >= 4 is 5.70 Å². The summed E-state index contributed by atoms with van der Waals surface area (Å²) in [6.45, 7) is 7.42. The first-order valence-electron chi connectivity index (χ1n) is 4.12. The van der Waals surface area contributed by atoms with Crippen LogP contribution in [-0.4, -0.2) is 23.9 Å². The van der Waals surface area contributed by atoms with Crippen LogP contribution in [0.25, 0.3) is 5.70 Å². The van der Waals surface area contributed by atoms with Crippen molar-refractivity contribution in [2.45, 2.75) is 0 Å². The summed E-state index contributed by atoms with van der Waals surface area (Å²) in [5.74, 6) is 0.514. The second kappa shape index (κ2) is 4.41. The van der Waals surface area contributed by atoms with Crippen molar-refractivity contribution in [2.24, 2.45) is 4.99 Å². The summed E-state index contributed by atoms with van der Waals surface area (Å²) in [6, 6.07) is 3.55. The summed E-state index contributed by atoms with van der Waals surface area (Å²) < 4.78 is 6.58. The van der Waals surface area contributed by atoms with Gasteiger partial charge in [0.15, 0.2) is 0 Å². The zero-order chi connectivity index (χ0) is 10.6. The van der Waals surface area contributed by atoms with Crippen LogP contribution in [0, 0.1) is 0 Å². The molecule has 0 saturated carbocycles. The van der Waals surface area contributed by atoms with Crippen molar-refractivity contribution in [3.05, 3.63) is 36.9 Å². The molecule has 1 rings (SSSR count). The number of aromatic nitrogens is 2. The summed E-state index contributed by atoms with van der Waals surface area (Å²) in [6.07, 6.45) is 1.61. The predicted molar refractivity (Wildman–Crippen MR) is 55.8 cm³/mol. The number of nitrogens with zero attached hydrogens (tertiary/aromatic N) is 3. The number of ether oxygens (including phenoxy) is 1. The highest BCUT2D eigenvalue weighted by atomic mass is 16.5. The quantitative estimate of drug-likeness (QED) is 0.671. The van der Waals surface area contributed by atoms with Crippen molar-refractivity contribution in [1.82, 2.24) is 9.78 Å². The van der Waals surface area contributed by atoms with Gasteiger partial charge in [0, 0.05) is 13.1 Å². The van der Waals surface area contributed by atoms with E-state index >= 15 is 0 Å². The Bertz CT molecular complexity index is 418. The number of rotatable bonds is 3. The van der Waals surface area contributed by atoms with Gasteiger partial charge >= 0.3 is 0 Å². The van der Waals surface area contributed by atoms with E-state index in [-0.39, 0.29) is 0 Å². The Hall–Kier alpha value is -1.84. The Morgan fingerprint density at radius 1 is 1.64 bits per heavy atom. The smallest absolute Gasteiger partial charge is 0.231 e. The molecule has 0 aliphatic carbocycles. The van der Waals surface area contributed by atoms with Crippen LogP contribution in [0.5, 0.6) is 5.88 Å². The monoisotopic (exact) mass is 191 g/mol. The Kier molecular flexibility index (Phi) is 3.23. The number of methoxy groups -OCH3 is 1. The van der Waals surface area contributed by atoms with Crippen molar-refractivity contribution in [2.75, 3.05) is 14.2 Å². The second-order valence-corrected chi connectivity index (χ2v) is 2.56. The lowest BCUT2D eigenvalue weighted by Crippen LogP contribution is -2.21. The standard InChI is InChI=1S/C10H13N3O/c1-5-8(2)13-9(11-3)6-7-10(12-13)14-4/h5-7H,1-2H2,3-4H3. The van der Waals surface area contributed by atoms with Crippen LogP contribution in [0.4, 0.5) is 0 Å². The molecule has 0 amide bonds. The van der Waals surface area contributed by atoms with E-state index in [0.29, 0.717) is 17.1 Å². The second-order valence-electron chi connectivity index (χ2n) is 2.56. The van der Waals surface area contributed by atoms with E-state index in [9.17, 15) is 0 Å². The maximum absolute atomic E-state index is 5.00. The minimum Gasteiger partial charge on any atom is -0.480 e. The lowest BCUT2D eigenvalue weighted by molar-refractivity contribution is 0.386. The number of allylic oxidation sites excluding steroid dienone is 2. The number of hydrogen-bond donors (Lipinski definition) is 0. The maximum atomic E-state index is 5.00. The van der Waals surface area contributed by atoms with Crippen LogP contribution in [-0.2, 0) is 0 Å². The van der Waals surface area contributed by atoms with Crippen LogP contribution in [0.2, 0.25) is 0 Å². The maximum Gasteiger partial charge on any atom is 0.231 e. The van der Waals surface area contributed by atoms with Crippen molar-refractivity contribution in [3.8, 4) is 5.88 Å². The molecule has 0 bridgehead atoms. The van der Waals surface area contributed by atoms with E-state index in [4.69, 9.17) is 4.74 Å². The average Bonchev–Trinajstić information content (AvgIpc) is 2.27. The van der Waals surface area contributed by atoms with E-state index in [1.54, 1.807) is 37.0 Å². The molecular weight excluding hydrogens is 178 g/mol. The summed E-state index contributed by atoms with van der Waals surface area (Å²) in [5.41, 5.74) is 1.36. The van der Waals surface area contributed by atoms with Crippen molar-refractivity contribution < 1.29 is 4.74 Å². The van der Waals surface area contributed by atoms with E-state index < -0.39 is 0 Å². The third kappa shape index (κ3) is 1.90. The Morgan fingerprint density at radius 3 is 2.86 bits per heavy atom. The molecule has 0 atom stereocenters. The largest absolute Gasteiger partial charge is 0.480 e. The molecule has 1 aromatic heterocycles. The fourth-order valence-electron chi connectivity index (χ4n) is 0.975. The molecule has 0 aromatic carbocycles. The van der Waals surface area contributed by atoms with E-state index in [1.807, 2.05) is 0 Å². The van der Waals surface area contributed by atoms with Crippen LogP contribution in [0.15, 0.2) is 36.4 Å². The Morgan fingerprint density at radius 2 is 2.36 bits per heavy atom. The normalized spacial score (nSPS) is 11.1. The molecule has 1 aromatic rings. The number of hydrogen-bond acceptors (Lipinski definition) is 3. The van der Waals surface area contributed by atoms with Gasteiger partial charge in [-0.1, -0.05) is 13.2 Å². The van der Waals surface area contributed by atoms with Crippen LogP contribution >= 0.6 is 0 Å². The molecule has 4 heteroatoms. The fourth-order valence-corrected chi connectivity index (χ4v) is 0.975. The molecule has 0 aliphatic rings. The Labute approximate surface area is 82.9 Å². The summed E-state index contributed by atoms with van der Waals surface area (Å²) in [7, 11) is 3.25. The lowest BCUT2D eigenvalue weighted by Gasteiger charge is -2.06. The third-order valence-electron chi connectivity index (χ3n) is 1.74. The van der Waals surface area contributed by atoms with Gasteiger partial charge in [-0.05, 0) is 12.1 Å². The van der Waals surface area contributed by atoms with Gasteiger partial charge in [-0.25, -0.2) is 4.68 Å². The zero-order valence-corrected chi connectivity index (χ0v) is 8.40. The van der Waals surface area contributed by atoms with Crippen LogP contribution in [0.3, 0.4) is 0 Å². The average molecular weight is 191 g/mol. The van der Waals surface area contributed by atoms with Crippen molar-refractivity contribution in [3.63, 3.8) is 0 Å². The molecule has 14 heavy (non-hydrogen) atoms. The first kappa shape index (κ1) is 10.2. The van der Waals surface area contributed by atoms with Crippen molar-refractivity contribution in [1.29, 1.82) is 0 Å². The van der Waals surface area contributed by atoms with E-state index in [0.717, 1.165) is 0 Å². The van der Waals surface area contributed by atoms with Gasteiger partial charge in [-0.2, -0.15) is 0 Å². The molecule has 1 heterocycles. The summed E-state index contributed by atoms with van der Waals surface area (Å²) >= 11 is 0. The van der Waals surface area contributed by atoms with Gasteiger partial charge in [-0.3, -0.25) is 4.99 Å². The van der Waals surface area contributed by atoms with Gasteiger partial charge in [0.05, 0.1) is 12.8 Å². The fraction of sp³-hybridized carbons (Fsp3) is 0.200. The van der Waals surface area contributed by atoms with E-state index in [1.165, 1.54) is 0 Å². The van der Waals surface area contributed by atoms with Gasteiger partial charge in [0.1, 0.15) is 5.49 Å². The lowest BCUT2D eigenvalue weighted by atomic mass is 10.4. The molecule has 74 valence electrons. The Balaban J connectivity index is 3.36. The predicted octanol–water partition coefficient (Wildman–Crippen LogP) is 1.08. The zero-order valence-electron chi connectivity index (χ0n) is 8.40. The summed E-state index contributed by atoms with van der Waals surface area (Å²) in [4.78, 5) is 4.05. The van der Waals surface area contributed by atoms with Gasteiger partial charge in [0.25, 0.3) is 0 Å². The molecule has 0 N–H and O–H groups in total. The molecule has 0 unspecified atom stereocenters. The van der Waals surface area contributed by atoms with Crippen LogP contribution < -0.4 is 10.2 Å². The molecule has 0 spiro atoms. The first-order chi connectivity index (χ1) is 6.72.